The van der Waals surface area contributed by atoms with Gasteiger partial charge in [0.25, 0.3) is 0 Å². The maximum absolute atomic E-state index is 12.1. The van der Waals surface area contributed by atoms with Crippen LogP contribution in [0.3, 0.4) is 0 Å². The molecule has 0 aliphatic heterocycles. The zero-order chi connectivity index (χ0) is 16.1. The fourth-order valence-electron chi connectivity index (χ4n) is 2.25. The van der Waals surface area contributed by atoms with Gasteiger partial charge in [0.1, 0.15) is 5.75 Å². The second kappa shape index (κ2) is 7.29. The topological polar surface area (TPSA) is 67.4 Å². The van der Waals surface area contributed by atoms with Gasteiger partial charge in [-0.25, -0.2) is 0 Å². The van der Waals surface area contributed by atoms with Crippen LogP contribution in [-0.4, -0.2) is 25.0 Å². The monoisotopic (exact) mass is 304 g/mol. The Morgan fingerprint density at radius 2 is 1.82 bits per heavy atom. The zero-order valence-corrected chi connectivity index (χ0v) is 13.4. The summed E-state index contributed by atoms with van der Waals surface area (Å²) in [6.45, 7) is 7.28. The summed E-state index contributed by atoms with van der Waals surface area (Å²) in [5.41, 5.74) is 0.724. The summed E-state index contributed by atoms with van der Waals surface area (Å²) in [6.07, 6.45) is 0.632. The Morgan fingerprint density at radius 1 is 1.18 bits per heavy atom. The Bertz CT molecular complexity index is 525. The van der Waals surface area contributed by atoms with Gasteiger partial charge in [-0.15, -0.1) is 0 Å². The third-order valence-corrected chi connectivity index (χ3v) is 3.58. The van der Waals surface area contributed by atoms with Crippen molar-refractivity contribution >= 4 is 17.5 Å². The van der Waals surface area contributed by atoms with Crippen LogP contribution in [-0.2, 0) is 9.59 Å². The lowest BCUT2D eigenvalue weighted by atomic mass is 10.2. The molecule has 0 radical (unpaired) electrons. The van der Waals surface area contributed by atoms with Gasteiger partial charge >= 0.3 is 0 Å². The van der Waals surface area contributed by atoms with Gasteiger partial charge in [-0.1, -0.05) is 13.8 Å². The third kappa shape index (κ3) is 4.48. The van der Waals surface area contributed by atoms with E-state index in [4.69, 9.17) is 4.74 Å². The fourth-order valence-corrected chi connectivity index (χ4v) is 2.25. The number of rotatable bonds is 7. The lowest BCUT2D eigenvalue weighted by Crippen LogP contribution is -2.30. The molecule has 1 aromatic rings. The van der Waals surface area contributed by atoms with Gasteiger partial charge in [-0.2, -0.15) is 0 Å². The number of hydrogen-bond acceptors (Lipinski definition) is 3. The lowest BCUT2D eigenvalue weighted by molar-refractivity contribution is -0.125. The molecule has 1 aliphatic carbocycles. The minimum Gasteiger partial charge on any atom is -0.494 e. The molecule has 5 heteroatoms. The molecule has 22 heavy (non-hydrogen) atoms. The van der Waals surface area contributed by atoms with E-state index in [9.17, 15) is 9.59 Å². The maximum Gasteiger partial charge on any atom is 0.228 e. The second-order valence-electron chi connectivity index (χ2n) is 6.03. The molecular formula is C17H24N2O3. The second-order valence-corrected chi connectivity index (χ2v) is 6.03. The molecule has 2 amide bonds. The van der Waals surface area contributed by atoms with E-state index in [0.717, 1.165) is 11.4 Å². The van der Waals surface area contributed by atoms with Crippen LogP contribution in [0.4, 0.5) is 5.69 Å². The Balaban J connectivity index is 1.80. The van der Waals surface area contributed by atoms with Crippen molar-refractivity contribution in [2.75, 3.05) is 18.5 Å². The first-order valence-corrected chi connectivity index (χ1v) is 7.82. The summed E-state index contributed by atoms with van der Waals surface area (Å²) in [5, 5.41) is 5.73. The Labute approximate surface area is 131 Å². The number of ether oxygens (including phenoxy) is 1. The van der Waals surface area contributed by atoms with Crippen molar-refractivity contribution in [1.82, 2.24) is 5.32 Å². The van der Waals surface area contributed by atoms with Gasteiger partial charge in [-0.3, -0.25) is 9.59 Å². The largest absolute Gasteiger partial charge is 0.494 e. The van der Waals surface area contributed by atoms with Crippen molar-refractivity contribution in [2.45, 2.75) is 27.2 Å². The molecule has 1 aromatic carbocycles. The van der Waals surface area contributed by atoms with Crippen LogP contribution in [0, 0.1) is 17.8 Å². The molecule has 0 saturated heterocycles. The van der Waals surface area contributed by atoms with Crippen LogP contribution in [0.15, 0.2) is 24.3 Å². The van der Waals surface area contributed by atoms with Crippen molar-refractivity contribution in [3.8, 4) is 5.75 Å². The van der Waals surface area contributed by atoms with Crippen molar-refractivity contribution in [3.05, 3.63) is 24.3 Å². The number of hydrogen-bond donors (Lipinski definition) is 2. The molecule has 120 valence electrons. The molecule has 0 aromatic heterocycles. The van der Waals surface area contributed by atoms with Crippen LogP contribution in [0.1, 0.15) is 27.2 Å². The summed E-state index contributed by atoms with van der Waals surface area (Å²) < 4.78 is 5.35. The number of benzene rings is 1. The average Bonchev–Trinajstić information content (AvgIpc) is 3.27. The number of anilines is 1. The minimum atomic E-state index is -0.210. The van der Waals surface area contributed by atoms with Gasteiger partial charge in [0.2, 0.25) is 11.8 Å². The van der Waals surface area contributed by atoms with Crippen molar-refractivity contribution in [2.24, 2.45) is 17.8 Å². The maximum atomic E-state index is 12.1. The van der Waals surface area contributed by atoms with Gasteiger partial charge in [-0.05, 0) is 43.5 Å². The van der Waals surface area contributed by atoms with E-state index in [-0.39, 0.29) is 23.7 Å². The Kier molecular flexibility index (Phi) is 5.41. The smallest absolute Gasteiger partial charge is 0.228 e. The molecule has 0 bridgehead atoms. The summed E-state index contributed by atoms with van der Waals surface area (Å²) in [4.78, 5) is 24.0. The fraction of sp³-hybridized carbons (Fsp3) is 0.529. The summed E-state index contributed by atoms with van der Waals surface area (Å²) in [6, 6.07) is 7.25. The highest BCUT2D eigenvalue weighted by molar-refractivity contribution is 5.99. The minimum absolute atomic E-state index is 0.0134. The van der Waals surface area contributed by atoms with E-state index in [1.54, 1.807) is 12.1 Å². The highest BCUT2D eigenvalue weighted by Gasteiger charge is 2.47. The zero-order valence-electron chi connectivity index (χ0n) is 13.4. The quantitative estimate of drug-likeness (QED) is 0.813. The van der Waals surface area contributed by atoms with E-state index in [2.05, 4.69) is 10.6 Å². The number of nitrogens with one attached hydrogen (secondary N) is 2. The lowest BCUT2D eigenvalue weighted by Gasteiger charge is -2.08. The first-order valence-electron chi connectivity index (χ1n) is 7.82. The van der Waals surface area contributed by atoms with E-state index >= 15 is 0 Å². The van der Waals surface area contributed by atoms with Gasteiger partial charge in [0.15, 0.2) is 0 Å². The van der Waals surface area contributed by atoms with Gasteiger partial charge in [0.05, 0.1) is 18.4 Å². The predicted molar refractivity (Wildman–Crippen MR) is 85.7 cm³/mol. The van der Waals surface area contributed by atoms with Crippen LogP contribution in [0.25, 0.3) is 0 Å². The highest BCUT2D eigenvalue weighted by atomic mass is 16.5. The normalized spacial score (nSPS) is 19.6. The molecule has 5 nitrogen and oxygen atoms in total. The molecule has 0 heterocycles. The van der Waals surface area contributed by atoms with Crippen molar-refractivity contribution in [1.29, 1.82) is 0 Å². The Hall–Kier alpha value is -2.04. The molecular weight excluding hydrogens is 280 g/mol. The SMILES string of the molecule is CCOc1ccc(NC(=O)C2CC2C(=O)NCC(C)C)cc1. The molecule has 0 spiro atoms. The molecule has 2 N–H and O–H groups in total. The third-order valence-electron chi connectivity index (χ3n) is 3.58. The number of carbonyl (C=O) groups excluding carboxylic acids is 2. The number of carbonyl (C=O) groups is 2. The average molecular weight is 304 g/mol. The van der Waals surface area contributed by atoms with Crippen LogP contribution in [0.2, 0.25) is 0 Å². The molecule has 1 fully saturated rings. The summed E-state index contributed by atoms with van der Waals surface area (Å²) in [7, 11) is 0. The summed E-state index contributed by atoms with van der Waals surface area (Å²) >= 11 is 0. The van der Waals surface area contributed by atoms with Crippen LogP contribution < -0.4 is 15.4 Å². The molecule has 1 aliphatic rings. The highest BCUT2D eigenvalue weighted by Crippen LogP contribution is 2.39. The van der Waals surface area contributed by atoms with Crippen molar-refractivity contribution < 1.29 is 14.3 Å². The predicted octanol–water partition coefficient (Wildman–Crippen LogP) is 2.43. The molecule has 2 atom stereocenters. The molecule has 2 unspecified atom stereocenters. The number of amides is 2. The van der Waals surface area contributed by atoms with E-state index in [1.807, 2.05) is 32.9 Å². The molecule has 1 saturated carbocycles. The van der Waals surface area contributed by atoms with Crippen molar-refractivity contribution in [3.63, 3.8) is 0 Å². The van der Waals surface area contributed by atoms with E-state index in [1.165, 1.54) is 0 Å². The van der Waals surface area contributed by atoms with Crippen LogP contribution >= 0.6 is 0 Å². The summed E-state index contributed by atoms with van der Waals surface area (Å²) in [5.74, 6) is 0.700. The van der Waals surface area contributed by atoms with Gasteiger partial charge < -0.3 is 15.4 Å². The molecule has 2 rings (SSSR count). The Morgan fingerprint density at radius 3 is 2.41 bits per heavy atom. The standard InChI is InChI=1S/C17H24N2O3/c1-4-22-13-7-5-12(6-8-13)19-17(21)15-9-14(15)16(20)18-10-11(2)3/h5-8,11,14-15H,4,9-10H2,1-3H3,(H,18,20)(H,19,21). The van der Waals surface area contributed by atoms with E-state index in [0.29, 0.717) is 25.5 Å². The first-order chi connectivity index (χ1) is 10.5. The van der Waals surface area contributed by atoms with E-state index < -0.39 is 0 Å². The van der Waals surface area contributed by atoms with Gasteiger partial charge in [0, 0.05) is 12.2 Å². The first kappa shape index (κ1) is 16.3. The van der Waals surface area contributed by atoms with Crippen LogP contribution in [0.5, 0.6) is 5.75 Å².